The van der Waals surface area contributed by atoms with E-state index in [-0.39, 0.29) is 12.5 Å². The molecule has 3 aromatic rings. The molecule has 9 nitrogen and oxygen atoms in total. The second-order valence-corrected chi connectivity index (χ2v) is 7.94. The van der Waals surface area contributed by atoms with Crippen molar-refractivity contribution in [1.29, 1.82) is 0 Å². The molecule has 0 aliphatic carbocycles. The minimum atomic E-state index is -4.67. The Morgan fingerprint density at radius 1 is 0.938 bits per heavy atom. The number of aliphatic hydroxyl groups is 2. The topological polar surface area (TPSA) is 176 Å². The normalized spacial score (nSPS) is 12.1. The number of ether oxygens (including phenoxy) is 1. The Morgan fingerprint density at radius 3 is 1.97 bits per heavy atom. The highest BCUT2D eigenvalue weighted by Gasteiger charge is 2.09. The summed E-state index contributed by atoms with van der Waals surface area (Å²) < 4.78 is 37.8. The summed E-state index contributed by atoms with van der Waals surface area (Å²) >= 11 is 0. The van der Waals surface area contributed by atoms with Gasteiger partial charge in [-0.3, -0.25) is 14.8 Å². The van der Waals surface area contributed by atoms with Gasteiger partial charge in [-0.05, 0) is 36.4 Å². The molecule has 0 radical (unpaired) electrons. The van der Waals surface area contributed by atoms with E-state index in [4.69, 9.17) is 38.2 Å². The van der Waals surface area contributed by atoms with Crippen LogP contribution in [-0.4, -0.2) is 39.7 Å². The van der Waals surface area contributed by atoms with Crippen molar-refractivity contribution in [2.75, 3.05) is 0 Å². The number of benzene rings is 3. The van der Waals surface area contributed by atoms with Crippen molar-refractivity contribution in [2.24, 2.45) is 11.5 Å². The average Bonchev–Trinajstić information content (AvgIpc) is 2.68. The maximum absolute atomic E-state index is 8.74. The zero-order valence-corrected chi connectivity index (χ0v) is 18.7. The van der Waals surface area contributed by atoms with E-state index in [0.717, 1.165) is 28.9 Å². The number of fused-ring (bicyclic) bond motifs is 1. The van der Waals surface area contributed by atoms with Gasteiger partial charge in [0.15, 0.2) is 0 Å². The van der Waals surface area contributed by atoms with E-state index in [1.54, 1.807) is 6.92 Å². The first kappa shape index (κ1) is 27.5. The summed E-state index contributed by atoms with van der Waals surface area (Å²) in [6, 6.07) is 22.6. The first-order valence-corrected chi connectivity index (χ1v) is 11.1. The first-order chi connectivity index (χ1) is 14.8. The Hall–Kier alpha value is -2.57. The fourth-order valence-corrected chi connectivity index (χ4v) is 2.52. The van der Waals surface area contributed by atoms with Crippen LogP contribution in [0.2, 0.25) is 0 Å². The molecule has 3 aromatic carbocycles. The van der Waals surface area contributed by atoms with Gasteiger partial charge in [0.25, 0.3) is 0 Å². The van der Waals surface area contributed by atoms with Gasteiger partial charge in [0.05, 0.1) is 0 Å². The molecule has 176 valence electrons. The third-order valence-electron chi connectivity index (χ3n) is 4.00. The van der Waals surface area contributed by atoms with Crippen LogP contribution in [-0.2, 0) is 16.8 Å². The van der Waals surface area contributed by atoms with Crippen molar-refractivity contribution in [3.63, 3.8) is 0 Å². The molecule has 0 aliphatic rings. The highest BCUT2D eigenvalue weighted by molar-refractivity contribution is 7.79. The third kappa shape index (κ3) is 11.7. The van der Waals surface area contributed by atoms with Crippen molar-refractivity contribution in [2.45, 2.75) is 38.6 Å². The standard InChI is InChI=1S/C19H19NO.C3H9NO2.H2O4S/c1-14(20)13-16-8-3-5-11-18(16)21-19-12-6-9-15-7-2-4-10-17(15)19;1-2-3(4,5)6;1-5(2,3)4/h2-12,14H,13,20H2,1H3;5-6H,2,4H2,1H3;(H2,1,2,3,4). The van der Waals surface area contributed by atoms with Gasteiger partial charge in [0, 0.05) is 17.8 Å². The molecule has 0 heterocycles. The molecule has 0 fully saturated rings. The summed E-state index contributed by atoms with van der Waals surface area (Å²) in [6.45, 7) is 3.59. The SMILES string of the molecule is CC(N)Cc1ccccc1Oc1cccc2ccccc12.CCC(N)(O)O.O=S(=O)(O)O. The Bertz CT molecular complexity index is 1070. The second kappa shape index (κ2) is 12.5. The molecule has 0 saturated carbocycles. The predicted molar refractivity (Wildman–Crippen MR) is 124 cm³/mol. The van der Waals surface area contributed by atoms with E-state index in [0.29, 0.717) is 0 Å². The Morgan fingerprint density at radius 2 is 1.41 bits per heavy atom. The van der Waals surface area contributed by atoms with Gasteiger partial charge in [-0.15, -0.1) is 0 Å². The molecule has 32 heavy (non-hydrogen) atoms. The molecule has 0 saturated heterocycles. The third-order valence-corrected chi connectivity index (χ3v) is 4.00. The number of rotatable bonds is 5. The first-order valence-electron chi connectivity index (χ1n) is 9.72. The minimum absolute atomic E-state index is 0.113. The maximum Gasteiger partial charge on any atom is 0.394 e. The van der Waals surface area contributed by atoms with E-state index in [1.807, 2.05) is 49.4 Å². The summed E-state index contributed by atoms with van der Waals surface area (Å²) in [5.41, 5.74) is 11.7. The van der Waals surface area contributed by atoms with E-state index in [1.165, 1.54) is 5.39 Å². The van der Waals surface area contributed by atoms with E-state index < -0.39 is 16.3 Å². The molecule has 1 unspecified atom stereocenters. The molecule has 3 rings (SSSR count). The number of para-hydroxylation sites is 1. The largest absolute Gasteiger partial charge is 0.456 e. The van der Waals surface area contributed by atoms with Crippen LogP contribution in [0, 0.1) is 0 Å². The van der Waals surface area contributed by atoms with Gasteiger partial charge in [-0.1, -0.05) is 61.5 Å². The molecule has 0 bridgehead atoms. The molecule has 8 N–H and O–H groups in total. The summed E-state index contributed by atoms with van der Waals surface area (Å²) in [7, 11) is -4.67. The van der Waals surface area contributed by atoms with E-state index in [9.17, 15) is 0 Å². The van der Waals surface area contributed by atoms with E-state index in [2.05, 4.69) is 30.0 Å². The maximum atomic E-state index is 8.74. The van der Waals surface area contributed by atoms with Crippen LogP contribution in [0.4, 0.5) is 0 Å². The number of nitrogens with two attached hydrogens (primary N) is 2. The van der Waals surface area contributed by atoms with Gasteiger partial charge in [-0.25, -0.2) is 0 Å². The van der Waals surface area contributed by atoms with Gasteiger partial charge in [-0.2, -0.15) is 8.42 Å². The zero-order valence-electron chi connectivity index (χ0n) is 17.9. The molecule has 1 atom stereocenters. The van der Waals surface area contributed by atoms with Gasteiger partial charge in [0.2, 0.25) is 5.91 Å². The minimum Gasteiger partial charge on any atom is -0.456 e. The Balaban J connectivity index is 0.000000389. The highest BCUT2D eigenvalue weighted by Crippen LogP contribution is 2.31. The quantitative estimate of drug-likeness (QED) is 0.244. The van der Waals surface area contributed by atoms with Crippen molar-refractivity contribution in [3.8, 4) is 11.5 Å². The van der Waals surface area contributed by atoms with Gasteiger partial charge >= 0.3 is 10.4 Å². The summed E-state index contributed by atoms with van der Waals surface area (Å²) in [5, 5.41) is 18.6. The van der Waals surface area contributed by atoms with Crippen LogP contribution in [0.5, 0.6) is 11.5 Å². The zero-order chi connectivity index (χ0) is 24.4. The summed E-state index contributed by atoms with van der Waals surface area (Å²) in [4.78, 5) is 0. The van der Waals surface area contributed by atoms with Crippen molar-refractivity contribution in [3.05, 3.63) is 72.3 Å². The lowest BCUT2D eigenvalue weighted by atomic mass is 10.1. The Labute approximate surface area is 187 Å². The number of hydrogen-bond acceptors (Lipinski definition) is 7. The molecular weight excluding hydrogens is 436 g/mol. The van der Waals surface area contributed by atoms with Crippen molar-refractivity contribution >= 4 is 21.2 Å². The fourth-order valence-electron chi connectivity index (χ4n) is 2.52. The molecule has 0 aliphatic heterocycles. The van der Waals surface area contributed by atoms with Crippen LogP contribution in [0.3, 0.4) is 0 Å². The fraction of sp³-hybridized carbons (Fsp3) is 0.273. The second-order valence-electron chi connectivity index (χ2n) is 7.05. The van der Waals surface area contributed by atoms with Crippen LogP contribution >= 0.6 is 0 Å². The lowest BCUT2D eigenvalue weighted by molar-refractivity contribution is -0.156. The van der Waals surface area contributed by atoms with Crippen molar-refractivity contribution in [1.82, 2.24) is 0 Å². The van der Waals surface area contributed by atoms with Crippen molar-refractivity contribution < 1.29 is 32.5 Å². The Kier molecular flexibility index (Phi) is 10.7. The van der Waals surface area contributed by atoms with Crippen LogP contribution in [0.15, 0.2) is 66.7 Å². The lowest BCUT2D eigenvalue weighted by Crippen LogP contribution is -2.37. The summed E-state index contributed by atoms with van der Waals surface area (Å²) in [5.74, 6) is -0.198. The molecule has 0 spiro atoms. The molecule has 0 amide bonds. The molecular formula is C22H30N2O7S. The monoisotopic (exact) mass is 466 g/mol. The summed E-state index contributed by atoms with van der Waals surface area (Å²) in [6.07, 6.45) is 0.966. The molecule has 0 aromatic heterocycles. The lowest BCUT2D eigenvalue weighted by Gasteiger charge is -2.14. The predicted octanol–water partition coefficient (Wildman–Crippen LogP) is 2.86. The van der Waals surface area contributed by atoms with Gasteiger partial charge in [0.1, 0.15) is 11.5 Å². The van der Waals surface area contributed by atoms with E-state index >= 15 is 0 Å². The smallest absolute Gasteiger partial charge is 0.394 e. The van der Waals surface area contributed by atoms with Crippen LogP contribution in [0.1, 0.15) is 25.8 Å². The van der Waals surface area contributed by atoms with Crippen LogP contribution in [0.25, 0.3) is 10.8 Å². The van der Waals surface area contributed by atoms with Crippen LogP contribution < -0.4 is 16.2 Å². The van der Waals surface area contributed by atoms with Gasteiger partial charge < -0.3 is 20.7 Å². The highest BCUT2D eigenvalue weighted by atomic mass is 32.3. The molecule has 10 heteroatoms. The number of hydrogen-bond donors (Lipinski definition) is 6. The average molecular weight is 467 g/mol.